The average molecular weight is 757 g/mol. The van der Waals surface area contributed by atoms with Crippen LogP contribution in [0.5, 0.6) is 0 Å². The van der Waals surface area contributed by atoms with Crippen LogP contribution < -0.4 is 10.4 Å². The summed E-state index contributed by atoms with van der Waals surface area (Å²) in [5.41, 5.74) is 16.2. The first-order chi connectivity index (χ1) is 28.5. The van der Waals surface area contributed by atoms with Crippen LogP contribution in [0.2, 0.25) is 13.1 Å². The molecule has 10 aromatic rings. The van der Waals surface area contributed by atoms with Crippen molar-refractivity contribution in [3.63, 3.8) is 0 Å². The highest BCUT2D eigenvalue weighted by atomic mass is 28.3. The monoisotopic (exact) mass is 756 g/mol. The Hall–Kier alpha value is -7.21. The quantitative estimate of drug-likeness (QED) is 0.169. The number of rotatable bonds is 3. The standard InChI is InChI=1S/C53H36N4Si/c1-58(2)49-42-23-13-24-45(49)46-27-26-44-43-22-9-10-25-47(43)57(48(44)50(46)58)53-55-51(38-21-12-19-36(29-38)35-18-11-20-37(42)28-35)54-52(56-53)41-31-39(33-14-5-3-6-15-33)30-40(32-41)34-16-7-4-8-17-34/h3-32H,1-2H3. The predicted octanol–water partition coefficient (Wildman–Crippen LogP) is 12.1. The van der Waals surface area contributed by atoms with Gasteiger partial charge in [0.2, 0.25) is 5.95 Å². The molecule has 8 aromatic carbocycles. The van der Waals surface area contributed by atoms with E-state index < -0.39 is 8.07 Å². The topological polar surface area (TPSA) is 43.6 Å². The lowest BCUT2D eigenvalue weighted by atomic mass is 9.95. The van der Waals surface area contributed by atoms with E-state index in [4.69, 9.17) is 15.0 Å². The summed E-state index contributed by atoms with van der Waals surface area (Å²) in [6.07, 6.45) is 0. The van der Waals surface area contributed by atoms with E-state index >= 15 is 0 Å². The number of nitrogens with zero attached hydrogens (tertiary/aromatic N) is 4. The minimum Gasteiger partial charge on any atom is -0.278 e. The number of hydrogen-bond acceptors (Lipinski definition) is 3. The maximum Gasteiger partial charge on any atom is 0.238 e. The van der Waals surface area contributed by atoms with Crippen molar-refractivity contribution in [3.05, 3.63) is 182 Å². The van der Waals surface area contributed by atoms with Crippen molar-refractivity contribution in [2.75, 3.05) is 0 Å². The number of para-hydroxylation sites is 1. The molecule has 0 aliphatic carbocycles. The lowest BCUT2D eigenvalue weighted by molar-refractivity contribution is 0.954. The molecule has 12 rings (SSSR count). The summed E-state index contributed by atoms with van der Waals surface area (Å²) in [7, 11) is -2.35. The molecule has 272 valence electrons. The molecule has 4 heterocycles. The summed E-state index contributed by atoms with van der Waals surface area (Å²) >= 11 is 0. The Morgan fingerprint density at radius 2 is 0.879 bits per heavy atom. The smallest absolute Gasteiger partial charge is 0.238 e. The molecular weight excluding hydrogens is 721 g/mol. The maximum atomic E-state index is 5.51. The Balaban J connectivity index is 1.23. The number of benzene rings is 8. The van der Waals surface area contributed by atoms with Crippen molar-refractivity contribution < 1.29 is 0 Å². The molecule has 0 N–H and O–H groups in total. The summed E-state index contributed by atoms with van der Waals surface area (Å²) < 4.78 is 2.35. The molecule has 0 amide bonds. The van der Waals surface area contributed by atoms with Crippen molar-refractivity contribution in [2.24, 2.45) is 0 Å². The molecule has 0 saturated carbocycles. The van der Waals surface area contributed by atoms with Crippen LogP contribution in [0.3, 0.4) is 0 Å². The Kier molecular flexibility index (Phi) is 7.05. The molecular formula is C53H36N4Si. The van der Waals surface area contributed by atoms with Crippen LogP contribution in [0.1, 0.15) is 0 Å². The molecule has 58 heavy (non-hydrogen) atoms. The molecule has 2 aliphatic rings. The lowest BCUT2D eigenvalue weighted by Crippen LogP contribution is -2.50. The van der Waals surface area contributed by atoms with Gasteiger partial charge in [0.25, 0.3) is 0 Å². The zero-order valence-electron chi connectivity index (χ0n) is 32.1. The second kappa shape index (κ2) is 12.4. The van der Waals surface area contributed by atoms with Gasteiger partial charge in [0.05, 0.1) is 11.0 Å². The van der Waals surface area contributed by atoms with E-state index in [0.29, 0.717) is 17.6 Å². The van der Waals surface area contributed by atoms with Crippen LogP contribution in [0.25, 0.3) is 106 Å². The van der Waals surface area contributed by atoms with Crippen molar-refractivity contribution in [2.45, 2.75) is 13.1 Å². The van der Waals surface area contributed by atoms with Gasteiger partial charge in [-0.3, -0.25) is 4.57 Å². The van der Waals surface area contributed by atoms with E-state index in [-0.39, 0.29) is 0 Å². The van der Waals surface area contributed by atoms with Gasteiger partial charge in [0, 0.05) is 21.9 Å². The van der Waals surface area contributed by atoms with Gasteiger partial charge in [-0.05, 0) is 102 Å². The second-order valence-corrected chi connectivity index (χ2v) is 20.3. The van der Waals surface area contributed by atoms with Gasteiger partial charge in [-0.1, -0.05) is 159 Å². The van der Waals surface area contributed by atoms with Crippen LogP contribution in [-0.2, 0) is 0 Å². The fourth-order valence-corrected chi connectivity index (χ4v) is 13.5. The van der Waals surface area contributed by atoms with Crippen molar-refractivity contribution in [1.82, 2.24) is 19.5 Å². The Bertz CT molecular complexity index is 3250. The zero-order valence-corrected chi connectivity index (χ0v) is 33.1. The normalized spacial score (nSPS) is 13.1. The minimum atomic E-state index is -2.35. The molecule has 2 aliphatic heterocycles. The molecule has 2 aromatic heterocycles. The number of aromatic nitrogens is 4. The largest absolute Gasteiger partial charge is 0.278 e. The summed E-state index contributed by atoms with van der Waals surface area (Å²) in [4.78, 5) is 16.3. The summed E-state index contributed by atoms with van der Waals surface area (Å²) in [6.45, 7) is 5.05. The van der Waals surface area contributed by atoms with E-state index in [2.05, 4.69) is 200 Å². The SMILES string of the molecule is C[Si]1(C)c2c3cccc2-c2ccc4c5ccccc5n(c4c21)-c1nc(nc(-c2cc(-c4ccccc4)cc(-c4ccccc4)c2)n1)-c1cccc(c1)-c1cccc-3c1. The highest BCUT2D eigenvalue weighted by molar-refractivity contribution is 7.05. The van der Waals surface area contributed by atoms with Crippen molar-refractivity contribution in [3.8, 4) is 84.4 Å². The number of fused-ring (bicyclic) bond motifs is 14. The van der Waals surface area contributed by atoms with E-state index in [1.807, 2.05) is 0 Å². The fourth-order valence-electron chi connectivity index (χ4n) is 9.72. The Labute approximate surface area is 337 Å². The third-order valence-corrected chi connectivity index (χ3v) is 15.8. The highest BCUT2D eigenvalue weighted by Crippen LogP contribution is 2.41. The van der Waals surface area contributed by atoms with E-state index in [1.54, 1.807) is 0 Å². The first kappa shape index (κ1) is 33.0. The lowest BCUT2D eigenvalue weighted by Gasteiger charge is -2.24. The van der Waals surface area contributed by atoms with Crippen LogP contribution >= 0.6 is 0 Å². The summed E-state index contributed by atoms with van der Waals surface area (Å²) in [6, 6.07) is 65.9. The molecule has 0 atom stereocenters. The van der Waals surface area contributed by atoms with Gasteiger partial charge in [-0.2, -0.15) is 9.97 Å². The first-order valence-corrected chi connectivity index (χ1v) is 22.9. The summed E-state index contributed by atoms with van der Waals surface area (Å²) in [5, 5.41) is 5.33. The third kappa shape index (κ3) is 4.90. The van der Waals surface area contributed by atoms with Crippen molar-refractivity contribution >= 4 is 40.3 Å². The van der Waals surface area contributed by atoms with Crippen LogP contribution in [-0.4, -0.2) is 27.6 Å². The average Bonchev–Trinajstić information content (AvgIpc) is 3.75. The van der Waals surface area contributed by atoms with Gasteiger partial charge in [0.1, 0.15) is 8.07 Å². The van der Waals surface area contributed by atoms with Gasteiger partial charge in [0.15, 0.2) is 11.6 Å². The number of hydrogen-bond donors (Lipinski definition) is 0. The Morgan fingerprint density at radius 3 is 1.60 bits per heavy atom. The zero-order chi connectivity index (χ0) is 38.5. The first-order valence-electron chi connectivity index (χ1n) is 19.9. The molecule has 4 nitrogen and oxygen atoms in total. The fraction of sp³-hybridized carbons (Fsp3) is 0.0377. The van der Waals surface area contributed by atoms with E-state index in [1.165, 1.54) is 54.5 Å². The molecule has 0 radical (unpaired) electrons. The minimum absolute atomic E-state index is 0.618. The molecule has 5 heteroatoms. The van der Waals surface area contributed by atoms with Crippen molar-refractivity contribution in [1.29, 1.82) is 0 Å². The van der Waals surface area contributed by atoms with Crippen LogP contribution in [0.15, 0.2) is 182 Å². The summed E-state index contributed by atoms with van der Waals surface area (Å²) in [5.74, 6) is 1.89. The molecule has 0 spiro atoms. The highest BCUT2D eigenvalue weighted by Gasteiger charge is 2.42. The third-order valence-electron chi connectivity index (χ3n) is 12.3. The van der Waals surface area contributed by atoms with Gasteiger partial charge < -0.3 is 0 Å². The van der Waals surface area contributed by atoms with E-state index in [0.717, 1.165) is 44.5 Å². The van der Waals surface area contributed by atoms with Gasteiger partial charge >= 0.3 is 0 Å². The van der Waals surface area contributed by atoms with E-state index in [9.17, 15) is 0 Å². The second-order valence-electron chi connectivity index (χ2n) is 16.1. The molecule has 0 saturated heterocycles. The molecule has 0 unspecified atom stereocenters. The van der Waals surface area contributed by atoms with Gasteiger partial charge in [-0.15, -0.1) is 0 Å². The predicted molar refractivity (Wildman–Crippen MR) is 243 cm³/mol. The van der Waals surface area contributed by atoms with Crippen LogP contribution in [0.4, 0.5) is 0 Å². The maximum absolute atomic E-state index is 5.51. The molecule has 8 bridgehead atoms. The Morgan fingerprint density at radius 1 is 0.362 bits per heavy atom. The van der Waals surface area contributed by atoms with Gasteiger partial charge in [-0.25, -0.2) is 4.98 Å². The van der Waals surface area contributed by atoms with Crippen LogP contribution in [0, 0.1) is 0 Å². The molecule has 0 fully saturated rings.